The van der Waals surface area contributed by atoms with Crippen LogP contribution in [0.1, 0.15) is 23.2 Å². The van der Waals surface area contributed by atoms with Gasteiger partial charge in [0.25, 0.3) is 15.9 Å². The summed E-state index contributed by atoms with van der Waals surface area (Å²) in [6.07, 6.45) is 1.37. The van der Waals surface area contributed by atoms with Gasteiger partial charge in [0.15, 0.2) is 6.29 Å². The van der Waals surface area contributed by atoms with E-state index < -0.39 is 15.8 Å². The minimum Gasteiger partial charge on any atom is -0.350 e. The lowest BCUT2D eigenvalue weighted by Crippen LogP contribution is -2.41. The maximum atomic E-state index is 13.0. The molecule has 0 bridgehead atoms. The van der Waals surface area contributed by atoms with Crippen molar-refractivity contribution < 1.29 is 27.1 Å². The monoisotopic (exact) mass is 434 g/mol. The first-order valence-electron chi connectivity index (χ1n) is 9.83. The van der Waals surface area contributed by atoms with Crippen LogP contribution >= 0.6 is 0 Å². The van der Waals surface area contributed by atoms with Crippen LogP contribution in [0, 0.1) is 11.7 Å². The van der Waals surface area contributed by atoms with Gasteiger partial charge in [-0.1, -0.05) is 6.07 Å². The largest absolute Gasteiger partial charge is 0.350 e. The van der Waals surface area contributed by atoms with Gasteiger partial charge in [-0.3, -0.25) is 9.52 Å². The molecule has 2 aromatic carbocycles. The van der Waals surface area contributed by atoms with Gasteiger partial charge in [-0.2, -0.15) is 0 Å². The molecule has 2 fully saturated rings. The van der Waals surface area contributed by atoms with Gasteiger partial charge in [-0.25, -0.2) is 12.8 Å². The molecule has 0 aliphatic carbocycles. The Morgan fingerprint density at radius 2 is 1.70 bits per heavy atom. The second-order valence-corrected chi connectivity index (χ2v) is 9.06. The van der Waals surface area contributed by atoms with Crippen LogP contribution in [0.4, 0.5) is 10.1 Å². The van der Waals surface area contributed by atoms with Crippen LogP contribution in [0.15, 0.2) is 53.4 Å². The highest BCUT2D eigenvalue weighted by Crippen LogP contribution is 2.27. The molecular formula is C21H23FN2O5S. The normalized spacial score (nSPS) is 18.5. The van der Waals surface area contributed by atoms with Gasteiger partial charge in [0.05, 0.1) is 18.1 Å². The second-order valence-electron chi connectivity index (χ2n) is 7.38. The molecule has 2 heterocycles. The Bertz CT molecular complexity index is 998. The number of halogens is 1. The number of benzene rings is 2. The minimum absolute atomic E-state index is 0.0275. The van der Waals surface area contributed by atoms with E-state index in [2.05, 4.69) is 4.72 Å². The summed E-state index contributed by atoms with van der Waals surface area (Å²) in [5, 5.41) is 0. The smallest absolute Gasteiger partial charge is 0.261 e. The number of carbonyl (C=O) groups is 1. The molecular weight excluding hydrogens is 411 g/mol. The maximum absolute atomic E-state index is 13.0. The van der Waals surface area contributed by atoms with E-state index in [0.29, 0.717) is 31.9 Å². The first kappa shape index (κ1) is 20.8. The standard InChI is InChI=1S/C21H23FN2O5S/c22-17-4-6-18(7-5-17)23-30(26,27)19-3-1-2-16(14-19)20(25)24-10-8-15(9-11-24)21-28-12-13-29-21/h1-7,14-15,21,23H,8-13H2. The van der Waals surface area contributed by atoms with Crippen LogP contribution < -0.4 is 4.72 Å². The number of hydrogen-bond donors (Lipinski definition) is 1. The number of hydrogen-bond acceptors (Lipinski definition) is 5. The van der Waals surface area contributed by atoms with E-state index in [1.807, 2.05) is 0 Å². The summed E-state index contributed by atoms with van der Waals surface area (Å²) in [7, 11) is -3.91. The van der Waals surface area contributed by atoms with Gasteiger partial charge in [0.2, 0.25) is 0 Å². The molecule has 1 amide bonds. The molecule has 9 heteroatoms. The molecule has 1 N–H and O–H groups in total. The number of rotatable bonds is 5. The summed E-state index contributed by atoms with van der Waals surface area (Å²) in [5.41, 5.74) is 0.551. The average Bonchev–Trinajstić information content (AvgIpc) is 3.30. The number of carbonyl (C=O) groups excluding carboxylic acids is 1. The van der Waals surface area contributed by atoms with Gasteiger partial charge in [0.1, 0.15) is 5.82 Å². The van der Waals surface area contributed by atoms with E-state index in [0.717, 1.165) is 12.8 Å². The lowest BCUT2D eigenvalue weighted by Gasteiger charge is -2.34. The Morgan fingerprint density at radius 1 is 1.03 bits per heavy atom. The topological polar surface area (TPSA) is 84.9 Å². The van der Waals surface area contributed by atoms with Gasteiger partial charge in [-0.15, -0.1) is 0 Å². The Balaban J connectivity index is 1.43. The van der Waals surface area contributed by atoms with E-state index in [9.17, 15) is 17.6 Å². The molecule has 0 spiro atoms. The molecule has 0 atom stereocenters. The minimum atomic E-state index is -3.91. The van der Waals surface area contributed by atoms with Gasteiger partial charge in [0, 0.05) is 30.3 Å². The van der Waals surface area contributed by atoms with E-state index in [4.69, 9.17) is 9.47 Å². The van der Waals surface area contributed by atoms with Crippen LogP contribution in [0.5, 0.6) is 0 Å². The lowest BCUT2D eigenvalue weighted by molar-refractivity contribution is -0.0956. The maximum Gasteiger partial charge on any atom is 0.261 e. The molecule has 30 heavy (non-hydrogen) atoms. The Labute approximate surface area is 174 Å². The molecule has 0 unspecified atom stereocenters. The molecule has 160 valence electrons. The van der Waals surface area contributed by atoms with Crippen molar-refractivity contribution >= 4 is 21.6 Å². The van der Waals surface area contributed by atoms with E-state index in [-0.39, 0.29) is 28.7 Å². The van der Waals surface area contributed by atoms with Crippen molar-refractivity contribution in [1.82, 2.24) is 4.90 Å². The number of nitrogens with zero attached hydrogens (tertiary/aromatic N) is 1. The average molecular weight is 434 g/mol. The summed E-state index contributed by atoms with van der Waals surface area (Å²) in [6, 6.07) is 10.9. The molecule has 0 aromatic heterocycles. The van der Waals surface area contributed by atoms with Crippen molar-refractivity contribution in [1.29, 1.82) is 0 Å². The number of sulfonamides is 1. The number of ether oxygens (including phenoxy) is 2. The lowest BCUT2D eigenvalue weighted by atomic mass is 9.95. The van der Waals surface area contributed by atoms with Crippen LogP contribution in [0.2, 0.25) is 0 Å². The number of likely N-dealkylation sites (tertiary alicyclic amines) is 1. The van der Waals surface area contributed by atoms with Gasteiger partial charge >= 0.3 is 0 Å². The zero-order chi connectivity index (χ0) is 21.1. The summed E-state index contributed by atoms with van der Waals surface area (Å²) in [6.45, 7) is 2.35. The van der Waals surface area contributed by atoms with Crippen molar-refractivity contribution in [3.63, 3.8) is 0 Å². The Kier molecular flexibility index (Phi) is 6.03. The molecule has 4 rings (SSSR count). The van der Waals surface area contributed by atoms with Crippen LogP contribution in [0.25, 0.3) is 0 Å². The Morgan fingerprint density at radius 3 is 2.37 bits per heavy atom. The third-order valence-corrected chi connectivity index (χ3v) is 6.73. The first-order valence-corrected chi connectivity index (χ1v) is 11.3. The van der Waals surface area contributed by atoms with Crippen LogP contribution in [-0.2, 0) is 19.5 Å². The first-order chi connectivity index (χ1) is 14.4. The predicted molar refractivity (Wildman–Crippen MR) is 108 cm³/mol. The zero-order valence-electron chi connectivity index (χ0n) is 16.3. The van der Waals surface area contributed by atoms with Crippen molar-refractivity contribution in [3.8, 4) is 0 Å². The molecule has 0 radical (unpaired) electrons. The summed E-state index contributed by atoms with van der Waals surface area (Å²) in [5.74, 6) is -0.399. The van der Waals surface area contributed by atoms with E-state index in [1.54, 1.807) is 17.0 Å². The summed E-state index contributed by atoms with van der Waals surface area (Å²) in [4.78, 5) is 14.6. The molecule has 0 saturated carbocycles. The molecule has 2 aliphatic rings. The fourth-order valence-corrected chi connectivity index (χ4v) is 4.84. The predicted octanol–water partition coefficient (Wildman–Crippen LogP) is 2.85. The van der Waals surface area contributed by atoms with E-state index in [1.165, 1.54) is 36.4 Å². The third kappa shape index (κ3) is 4.63. The SMILES string of the molecule is O=C(c1cccc(S(=O)(=O)Nc2ccc(F)cc2)c1)N1CCC(C2OCCO2)CC1. The summed E-state index contributed by atoms with van der Waals surface area (Å²) >= 11 is 0. The number of nitrogens with one attached hydrogen (secondary N) is 1. The summed E-state index contributed by atoms with van der Waals surface area (Å²) < 4.78 is 51.9. The molecule has 2 aliphatic heterocycles. The number of piperidine rings is 1. The quantitative estimate of drug-likeness (QED) is 0.782. The highest BCUT2D eigenvalue weighted by atomic mass is 32.2. The van der Waals surface area contributed by atoms with E-state index >= 15 is 0 Å². The molecule has 2 saturated heterocycles. The van der Waals surface area contributed by atoms with Crippen molar-refractivity contribution in [3.05, 3.63) is 59.9 Å². The van der Waals surface area contributed by atoms with Crippen LogP contribution in [-0.4, -0.2) is 51.8 Å². The zero-order valence-corrected chi connectivity index (χ0v) is 17.1. The second kappa shape index (κ2) is 8.71. The van der Waals surface area contributed by atoms with Crippen molar-refractivity contribution in [2.75, 3.05) is 31.0 Å². The van der Waals surface area contributed by atoms with Crippen LogP contribution in [0.3, 0.4) is 0 Å². The van der Waals surface area contributed by atoms with Gasteiger partial charge in [-0.05, 0) is 55.3 Å². The van der Waals surface area contributed by atoms with Crippen molar-refractivity contribution in [2.24, 2.45) is 5.92 Å². The van der Waals surface area contributed by atoms with Gasteiger partial charge < -0.3 is 14.4 Å². The fraction of sp³-hybridized carbons (Fsp3) is 0.381. The Hall–Kier alpha value is -2.49. The van der Waals surface area contributed by atoms with Crippen molar-refractivity contribution in [2.45, 2.75) is 24.0 Å². The molecule has 7 nitrogen and oxygen atoms in total. The highest BCUT2D eigenvalue weighted by molar-refractivity contribution is 7.92. The number of amides is 1. The highest BCUT2D eigenvalue weighted by Gasteiger charge is 2.32. The third-order valence-electron chi connectivity index (χ3n) is 5.35. The number of anilines is 1. The fourth-order valence-electron chi connectivity index (χ4n) is 3.73. The molecule has 2 aromatic rings.